The van der Waals surface area contributed by atoms with Crippen LogP contribution in [0.1, 0.15) is 60.3 Å². The van der Waals surface area contributed by atoms with Gasteiger partial charge in [-0.15, -0.1) is 0 Å². The molecule has 0 radical (unpaired) electrons. The summed E-state index contributed by atoms with van der Waals surface area (Å²) >= 11 is 0. The van der Waals surface area contributed by atoms with Gasteiger partial charge in [0.05, 0.1) is 25.3 Å². The number of amides is 1. The summed E-state index contributed by atoms with van der Waals surface area (Å²) in [5.74, 6) is 0.360. The van der Waals surface area contributed by atoms with Crippen molar-refractivity contribution in [3.05, 3.63) is 64.8 Å². The maximum Gasteiger partial charge on any atom is 0.419 e. The van der Waals surface area contributed by atoms with Crippen LogP contribution in [0.5, 0.6) is 5.75 Å². The van der Waals surface area contributed by atoms with E-state index in [0.29, 0.717) is 37.4 Å². The first-order valence-electron chi connectivity index (χ1n) is 13.0. The number of esters is 1. The average molecular weight is 536 g/mol. The Balaban J connectivity index is 1.77. The molecule has 208 valence electrons. The van der Waals surface area contributed by atoms with E-state index in [1.165, 1.54) is 7.11 Å². The summed E-state index contributed by atoms with van der Waals surface area (Å²) in [5.41, 5.74) is 3.34. The third-order valence-electron chi connectivity index (χ3n) is 7.07. The van der Waals surface area contributed by atoms with Crippen molar-refractivity contribution >= 4 is 28.9 Å². The Bertz CT molecular complexity index is 1390. The summed E-state index contributed by atoms with van der Waals surface area (Å²) in [6.07, 6.45) is 1.59. The third kappa shape index (κ3) is 5.93. The number of ether oxygens (including phenoxy) is 3. The van der Waals surface area contributed by atoms with Gasteiger partial charge in [-0.2, -0.15) is 0 Å². The molecule has 1 fully saturated rings. The Morgan fingerprint density at radius 2 is 1.74 bits per heavy atom. The molecule has 0 N–H and O–H groups in total. The van der Waals surface area contributed by atoms with Crippen LogP contribution in [-0.2, 0) is 20.8 Å². The second-order valence-corrected chi connectivity index (χ2v) is 10.9. The number of rotatable bonds is 5. The maximum atomic E-state index is 13.0. The molecule has 0 bridgehead atoms. The number of likely N-dealkylation sites (N-methyl/N-ethyl adjacent to an activating group) is 1. The second kappa shape index (κ2) is 11.1. The fraction of sp³-hybridized carbons (Fsp3) is 0.433. The van der Waals surface area contributed by atoms with Crippen LogP contribution in [0, 0.1) is 6.92 Å². The lowest BCUT2D eigenvalue weighted by Gasteiger charge is -2.30. The molecule has 0 spiro atoms. The van der Waals surface area contributed by atoms with Gasteiger partial charge in [0.15, 0.2) is 0 Å². The van der Waals surface area contributed by atoms with Crippen molar-refractivity contribution < 1.29 is 28.6 Å². The fourth-order valence-electron chi connectivity index (χ4n) is 5.06. The molecule has 1 aromatic heterocycles. The summed E-state index contributed by atoms with van der Waals surface area (Å²) in [6.45, 7) is 9.17. The number of hydrogen-bond donors (Lipinski definition) is 0. The van der Waals surface area contributed by atoms with Crippen LogP contribution < -0.4 is 4.74 Å². The topological polar surface area (TPSA) is 90.3 Å². The molecule has 39 heavy (non-hydrogen) atoms. The van der Waals surface area contributed by atoms with Crippen LogP contribution in [0.25, 0.3) is 10.9 Å². The minimum atomic E-state index is -0.627. The number of fused-ring (bicyclic) bond motifs is 1. The summed E-state index contributed by atoms with van der Waals surface area (Å²) in [6, 6.07) is 10.8. The van der Waals surface area contributed by atoms with Crippen LogP contribution in [0.2, 0.25) is 0 Å². The van der Waals surface area contributed by atoms with E-state index in [2.05, 4.69) is 4.90 Å². The molecule has 9 heteroatoms. The molecule has 1 saturated heterocycles. The molecule has 9 nitrogen and oxygen atoms in total. The molecule has 2 aromatic carbocycles. The van der Waals surface area contributed by atoms with Gasteiger partial charge >= 0.3 is 12.1 Å². The van der Waals surface area contributed by atoms with Crippen molar-refractivity contribution in [2.45, 2.75) is 52.3 Å². The minimum Gasteiger partial charge on any atom is -0.496 e. The number of aromatic nitrogens is 1. The molecule has 1 amide bonds. The predicted octanol–water partition coefficient (Wildman–Crippen LogP) is 4.93. The SMILES string of the molecule is COC(=O)c1ccc(C2CC(=O)N(C)CCN2Cc2c(OC)cc(C)c3c2ccn3C(=O)OC(C)(C)C)cc1. The zero-order valence-corrected chi connectivity index (χ0v) is 23.7. The van der Waals surface area contributed by atoms with E-state index in [4.69, 9.17) is 14.2 Å². The lowest BCUT2D eigenvalue weighted by Crippen LogP contribution is -2.31. The van der Waals surface area contributed by atoms with Crippen molar-refractivity contribution in [3.63, 3.8) is 0 Å². The highest BCUT2D eigenvalue weighted by atomic mass is 16.6. The Hall–Kier alpha value is -3.85. The van der Waals surface area contributed by atoms with Crippen molar-refractivity contribution in [3.8, 4) is 5.75 Å². The van der Waals surface area contributed by atoms with Gasteiger partial charge in [-0.1, -0.05) is 12.1 Å². The number of nitrogens with zero attached hydrogens (tertiary/aromatic N) is 3. The number of methoxy groups -OCH3 is 2. The predicted molar refractivity (Wildman–Crippen MR) is 148 cm³/mol. The van der Waals surface area contributed by atoms with E-state index in [0.717, 1.165) is 27.6 Å². The number of hydrogen-bond acceptors (Lipinski definition) is 7. The highest BCUT2D eigenvalue weighted by molar-refractivity contribution is 5.95. The molecular formula is C30H37N3O6. The Morgan fingerprint density at radius 3 is 2.36 bits per heavy atom. The van der Waals surface area contributed by atoms with E-state index in [1.807, 2.05) is 59.0 Å². The monoisotopic (exact) mass is 535 g/mol. The van der Waals surface area contributed by atoms with Crippen LogP contribution in [-0.4, -0.2) is 72.3 Å². The standard InChI is InChI=1S/C30H37N3O6/c1-19-16-25(37-6)23(22-12-13-33(27(19)22)29(36)39-30(2,3)4)18-32-15-14-31(5)26(34)17-24(32)20-8-10-21(11-9-20)28(35)38-7/h8-13,16,24H,14-15,17-18H2,1-7H3. The zero-order valence-electron chi connectivity index (χ0n) is 23.7. The lowest BCUT2D eigenvalue weighted by atomic mass is 9.98. The quantitative estimate of drug-likeness (QED) is 0.428. The van der Waals surface area contributed by atoms with Gasteiger partial charge in [0.25, 0.3) is 0 Å². The number of carbonyl (C=O) groups is 3. The van der Waals surface area contributed by atoms with Gasteiger partial charge in [-0.05, 0) is 63.1 Å². The lowest BCUT2D eigenvalue weighted by molar-refractivity contribution is -0.129. The molecule has 1 aliphatic heterocycles. The fourth-order valence-corrected chi connectivity index (χ4v) is 5.06. The Morgan fingerprint density at radius 1 is 1.05 bits per heavy atom. The van der Waals surface area contributed by atoms with Crippen LogP contribution >= 0.6 is 0 Å². The van der Waals surface area contributed by atoms with Crippen LogP contribution in [0.3, 0.4) is 0 Å². The van der Waals surface area contributed by atoms with Gasteiger partial charge in [-0.3, -0.25) is 14.3 Å². The zero-order chi connectivity index (χ0) is 28.5. The van der Waals surface area contributed by atoms with Crippen molar-refractivity contribution in [1.29, 1.82) is 0 Å². The van der Waals surface area contributed by atoms with Crippen LogP contribution in [0.4, 0.5) is 4.79 Å². The van der Waals surface area contributed by atoms with E-state index >= 15 is 0 Å². The van der Waals surface area contributed by atoms with Gasteiger partial charge in [0.1, 0.15) is 11.4 Å². The summed E-state index contributed by atoms with van der Waals surface area (Å²) in [7, 11) is 4.80. The summed E-state index contributed by atoms with van der Waals surface area (Å²) < 4.78 is 17.8. The molecule has 1 atom stereocenters. The number of benzene rings is 2. The van der Waals surface area contributed by atoms with Gasteiger partial charge in [-0.25, -0.2) is 9.59 Å². The molecular weight excluding hydrogens is 498 g/mol. The smallest absolute Gasteiger partial charge is 0.419 e. The first kappa shape index (κ1) is 28.2. The molecule has 2 heterocycles. The van der Waals surface area contributed by atoms with E-state index in [1.54, 1.807) is 34.9 Å². The minimum absolute atomic E-state index is 0.0524. The largest absolute Gasteiger partial charge is 0.496 e. The average Bonchev–Trinajstić information content (AvgIpc) is 3.30. The Kier molecular flexibility index (Phi) is 8.02. The molecule has 1 aliphatic rings. The molecule has 4 rings (SSSR count). The summed E-state index contributed by atoms with van der Waals surface area (Å²) in [4.78, 5) is 41.9. The van der Waals surface area contributed by atoms with E-state index in [9.17, 15) is 14.4 Å². The molecule has 3 aromatic rings. The van der Waals surface area contributed by atoms with Crippen molar-refractivity contribution in [1.82, 2.24) is 14.4 Å². The normalized spacial score (nSPS) is 16.7. The second-order valence-electron chi connectivity index (χ2n) is 10.9. The van der Waals surface area contributed by atoms with E-state index in [-0.39, 0.29) is 11.9 Å². The van der Waals surface area contributed by atoms with Gasteiger partial charge < -0.3 is 19.1 Å². The number of carbonyl (C=O) groups excluding carboxylic acids is 3. The number of aryl methyl sites for hydroxylation is 1. The maximum absolute atomic E-state index is 13.0. The van der Waals surface area contributed by atoms with Gasteiger partial charge in [0.2, 0.25) is 5.91 Å². The van der Waals surface area contributed by atoms with E-state index < -0.39 is 17.7 Å². The van der Waals surface area contributed by atoms with Crippen molar-refractivity contribution in [2.24, 2.45) is 0 Å². The van der Waals surface area contributed by atoms with Crippen molar-refractivity contribution in [2.75, 3.05) is 34.4 Å². The first-order valence-corrected chi connectivity index (χ1v) is 13.0. The first-order chi connectivity index (χ1) is 18.4. The summed E-state index contributed by atoms with van der Waals surface area (Å²) in [5, 5.41) is 0.890. The highest BCUT2D eigenvalue weighted by Gasteiger charge is 2.31. The Labute approximate surface area is 229 Å². The molecule has 0 saturated carbocycles. The van der Waals surface area contributed by atoms with Gasteiger partial charge in [0, 0.05) is 56.3 Å². The third-order valence-corrected chi connectivity index (χ3v) is 7.07. The molecule has 0 aliphatic carbocycles. The highest BCUT2D eigenvalue weighted by Crippen LogP contribution is 2.36. The molecule has 1 unspecified atom stereocenters. The van der Waals surface area contributed by atoms with Crippen LogP contribution in [0.15, 0.2) is 42.6 Å².